The Hall–Kier alpha value is -2.58. The van der Waals surface area contributed by atoms with Crippen molar-refractivity contribution in [3.8, 4) is 11.6 Å². The van der Waals surface area contributed by atoms with Crippen molar-refractivity contribution in [2.45, 2.75) is 12.5 Å². The number of methoxy groups -OCH3 is 1. The summed E-state index contributed by atoms with van der Waals surface area (Å²) in [6.45, 7) is 2.26. The summed E-state index contributed by atoms with van der Waals surface area (Å²) in [5.41, 5.74) is 9.42. The van der Waals surface area contributed by atoms with E-state index in [-0.39, 0.29) is 6.10 Å². The van der Waals surface area contributed by atoms with Gasteiger partial charge in [-0.25, -0.2) is 4.98 Å². The fraction of sp³-hybridized carbons (Fsp3) is 0.333. The molecule has 154 valence electrons. The largest absolute Gasteiger partial charge is 0.496 e. The average molecular weight is 460 g/mol. The molecule has 1 unspecified atom stereocenters. The molecule has 0 bridgehead atoms. The van der Waals surface area contributed by atoms with Crippen molar-refractivity contribution < 1.29 is 9.47 Å². The van der Waals surface area contributed by atoms with Crippen molar-refractivity contribution in [3.63, 3.8) is 0 Å². The molecular formula is C21H26BrN5O2. The fourth-order valence-electron chi connectivity index (χ4n) is 3.13. The van der Waals surface area contributed by atoms with Crippen LogP contribution < -0.4 is 25.8 Å². The van der Waals surface area contributed by atoms with Crippen LogP contribution in [0.1, 0.15) is 11.1 Å². The maximum absolute atomic E-state index is 6.02. The molecule has 7 nitrogen and oxygen atoms in total. The normalized spacial score (nSPS) is 16.2. The van der Waals surface area contributed by atoms with Gasteiger partial charge in [0.2, 0.25) is 5.88 Å². The second-order valence-electron chi connectivity index (χ2n) is 6.62. The van der Waals surface area contributed by atoms with Crippen LogP contribution in [0.2, 0.25) is 0 Å². The Morgan fingerprint density at radius 3 is 3.10 bits per heavy atom. The minimum atomic E-state index is 0.00869. The highest BCUT2D eigenvalue weighted by Gasteiger charge is 2.21. The smallest absolute Gasteiger partial charge is 0.237 e. The average Bonchev–Trinajstić information content (AvgIpc) is 2.75. The molecule has 3 rings (SSSR count). The topological polar surface area (TPSA) is 93.8 Å². The standard InChI is InChI=1S/C21H26BrN5O2/c1-24-10-16(9-23)15-7-19-21(27-11-15)29-18(13-26-19)12-25-6-5-14-3-4-17(22)8-20(14)28-2/h3-4,7-11,18,25-26H,5-6,12-13,23H2,1-2H3/b16-9+,24-10?. The quantitative estimate of drug-likeness (QED) is 0.415. The third-order valence-electron chi connectivity index (χ3n) is 4.62. The lowest BCUT2D eigenvalue weighted by Gasteiger charge is -2.27. The summed E-state index contributed by atoms with van der Waals surface area (Å²) in [4.78, 5) is 8.45. The Bertz CT molecular complexity index is 901. The Kier molecular flexibility index (Phi) is 7.48. The van der Waals surface area contributed by atoms with E-state index in [9.17, 15) is 0 Å². The van der Waals surface area contributed by atoms with Gasteiger partial charge in [0.1, 0.15) is 11.9 Å². The summed E-state index contributed by atoms with van der Waals surface area (Å²) in [7, 11) is 3.40. The van der Waals surface area contributed by atoms with E-state index in [1.807, 2.05) is 18.2 Å². The Morgan fingerprint density at radius 2 is 2.34 bits per heavy atom. The molecule has 0 saturated heterocycles. The van der Waals surface area contributed by atoms with E-state index >= 15 is 0 Å². The molecule has 0 radical (unpaired) electrons. The lowest BCUT2D eigenvalue weighted by atomic mass is 10.1. The van der Waals surface area contributed by atoms with Crippen LogP contribution in [0, 0.1) is 0 Å². The number of allylic oxidation sites excluding steroid dienone is 1. The third kappa shape index (κ3) is 5.48. The van der Waals surface area contributed by atoms with Gasteiger partial charge in [-0.2, -0.15) is 0 Å². The maximum Gasteiger partial charge on any atom is 0.237 e. The second-order valence-corrected chi connectivity index (χ2v) is 7.53. The molecule has 2 heterocycles. The van der Waals surface area contributed by atoms with E-state index in [0.29, 0.717) is 12.4 Å². The van der Waals surface area contributed by atoms with Gasteiger partial charge >= 0.3 is 0 Å². The van der Waals surface area contributed by atoms with E-state index in [0.717, 1.165) is 46.6 Å². The number of hydrogen-bond donors (Lipinski definition) is 3. The summed E-state index contributed by atoms with van der Waals surface area (Å²) in [5, 5.41) is 6.84. The second kappa shape index (κ2) is 10.3. The number of nitrogens with two attached hydrogens (primary N) is 1. The first kappa shape index (κ1) is 21.1. The molecule has 0 aliphatic carbocycles. The number of aromatic nitrogens is 1. The van der Waals surface area contributed by atoms with Crippen LogP contribution in [0.5, 0.6) is 11.6 Å². The van der Waals surface area contributed by atoms with Crippen molar-refractivity contribution in [3.05, 3.63) is 52.3 Å². The zero-order valence-electron chi connectivity index (χ0n) is 16.6. The zero-order chi connectivity index (χ0) is 20.6. The summed E-state index contributed by atoms with van der Waals surface area (Å²) < 4.78 is 12.5. The minimum absolute atomic E-state index is 0.00869. The van der Waals surface area contributed by atoms with Crippen LogP contribution in [0.15, 0.2) is 46.1 Å². The fourth-order valence-corrected chi connectivity index (χ4v) is 3.47. The van der Waals surface area contributed by atoms with Crippen LogP contribution in [0.25, 0.3) is 5.57 Å². The SMILES string of the molecule is CN=C/C(=C\N)c1cnc2c(c1)NCC(CNCCc1ccc(Br)cc1OC)O2. The molecule has 29 heavy (non-hydrogen) atoms. The number of nitrogens with zero attached hydrogens (tertiary/aromatic N) is 2. The maximum atomic E-state index is 6.02. The van der Waals surface area contributed by atoms with Crippen LogP contribution in [-0.2, 0) is 6.42 Å². The number of hydrogen-bond acceptors (Lipinski definition) is 7. The monoisotopic (exact) mass is 459 g/mol. The molecule has 1 atom stereocenters. The summed E-state index contributed by atoms with van der Waals surface area (Å²) in [6, 6.07) is 8.07. The van der Waals surface area contributed by atoms with Crippen LogP contribution >= 0.6 is 15.9 Å². The first-order valence-electron chi connectivity index (χ1n) is 9.42. The van der Waals surface area contributed by atoms with E-state index in [4.69, 9.17) is 15.2 Å². The number of aliphatic imine (C=N–C) groups is 1. The van der Waals surface area contributed by atoms with Gasteiger partial charge in [0.05, 0.1) is 19.3 Å². The molecule has 1 aliphatic heterocycles. The number of pyridine rings is 1. The van der Waals surface area contributed by atoms with Gasteiger partial charge in [-0.15, -0.1) is 0 Å². The Balaban J connectivity index is 1.52. The van der Waals surface area contributed by atoms with E-state index in [1.165, 1.54) is 11.8 Å². The van der Waals surface area contributed by atoms with Crippen molar-refractivity contribution in [2.75, 3.05) is 39.1 Å². The molecule has 4 N–H and O–H groups in total. The Labute approximate surface area is 179 Å². The molecule has 0 spiro atoms. The van der Waals surface area contributed by atoms with Crippen LogP contribution in [0.3, 0.4) is 0 Å². The van der Waals surface area contributed by atoms with Gasteiger partial charge in [-0.1, -0.05) is 22.0 Å². The lowest BCUT2D eigenvalue weighted by molar-refractivity contribution is 0.194. The third-order valence-corrected chi connectivity index (χ3v) is 5.12. The lowest BCUT2D eigenvalue weighted by Crippen LogP contribution is -2.40. The zero-order valence-corrected chi connectivity index (χ0v) is 18.2. The van der Waals surface area contributed by atoms with Crippen molar-refractivity contribution in [1.82, 2.24) is 10.3 Å². The number of anilines is 1. The first-order valence-corrected chi connectivity index (χ1v) is 10.2. The molecule has 1 aromatic carbocycles. The molecule has 1 aliphatic rings. The number of rotatable bonds is 8. The highest BCUT2D eigenvalue weighted by molar-refractivity contribution is 9.10. The summed E-state index contributed by atoms with van der Waals surface area (Å²) >= 11 is 3.47. The van der Waals surface area contributed by atoms with Gasteiger partial charge in [0, 0.05) is 47.8 Å². The predicted molar refractivity (Wildman–Crippen MR) is 121 cm³/mol. The molecule has 0 amide bonds. The van der Waals surface area contributed by atoms with Crippen molar-refractivity contribution in [1.29, 1.82) is 0 Å². The van der Waals surface area contributed by atoms with Gasteiger partial charge in [0.15, 0.2) is 0 Å². The molecular weight excluding hydrogens is 434 g/mol. The van der Waals surface area contributed by atoms with E-state index < -0.39 is 0 Å². The van der Waals surface area contributed by atoms with Gasteiger partial charge < -0.3 is 25.8 Å². The van der Waals surface area contributed by atoms with Gasteiger partial charge in [-0.05, 0) is 36.7 Å². The van der Waals surface area contributed by atoms with E-state index in [2.05, 4.69) is 42.6 Å². The molecule has 0 saturated carbocycles. The number of benzene rings is 1. The first-order chi connectivity index (χ1) is 14.1. The number of nitrogens with one attached hydrogen (secondary N) is 2. The van der Waals surface area contributed by atoms with Crippen molar-refractivity contribution >= 4 is 33.4 Å². The van der Waals surface area contributed by atoms with Crippen LogP contribution in [0.4, 0.5) is 5.69 Å². The molecule has 0 fully saturated rings. The predicted octanol–water partition coefficient (Wildman–Crippen LogP) is 2.86. The number of ether oxygens (including phenoxy) is 2. The highest BCUT2D eigenvalue weighted by Crippen LogP contribution is 2.29. The molecule has 8 heteroatoms. The minimum Gasteiger partial charge on any atom is -0.496 e. The summed E-state index contributed by atoms with van der Waals surface area (Å²) in [6.07, 6.45) is 5.86. The molecule has 1 aromatic heterocycles. The van der Waals surface area contributed by atoms with Crippen LogP contribution in [-0.4, -0.2) is 51.1 Å². The van der Waals surface area contributed by atoms with Gasteiger partial charge in [0.25, 0.3) is 0 Å². The van der Waals surface area contributed by atoms with E-state index in [1.54, 1.807) is 26.6 Å². The number of fused-ring (bicyclic) bond motifs is 1. The van der Waals surface area contributed by atoms with Gasteiger partial charge in [-0.3, -0.25) is 4.99 Å². The highest BCUT2D eigenvalue weighted by atomic mass is 79.9. The number of halogens is 1. The molecule has 2 aromatic rings. The Morgan fingerprint density at radius 1 is 1.48 bits per heavy atom. The summed E-state index contributed by atoms with van der Waals surface area (Å²) in [5.74, 6) is 1.50. The van der Waals surface area contributed by atoms with Crippen molar-refractivity contribution in [2.24, 2.45) is 10.7 Å².